The Bertz CT molecular complexity index is 1300. The molecule has 4 rings (SSSR count). The van der Waals surface area contributed by atoms with Gasteiger partial charge in [-0.1, -0.05) is 0 Å². The number of likely N-dealkylation sites (tertiary alicyclic amines) is 1. The number of halogens is 3. The molecule has 168 valence electrons. The van der Waals surface area contributed by atoms with Gasteiger partial charge in [-0.2, -0.15) is 5.26 Å². The molecule has 1 N–H and O–H groups in total. The third kappa shape index (κ3) is 4.87. The number of hydrogen-bond acceptors (Lipinski definition) is 5. The first-order valence-electron chi connectivity index (χ1n) is 9.92. The Labute approximate surface area is 186 Å². The number of fused-ring (bicyclic) bond motifs is 1. The van der Waals surface area contributed by atoms with Crippen molar-refractivity contribution in [1.29, 1.82) is 5.26 Å². The molecular weight excluding hydrogens is 437 g/mol. The molecule has 3 aromatic rings. The molecule has 10 heteroatoms. The summed E-state index contributed by atoms with van der Waals surface area (Å²) < 4.78 is 46.0. The molecule has 0 aliphatic carbocycles. The largest absolute Gasteiger partial charge is 0.457 e. The first kappa shape index (κ1) is 22.1. The Kier molecular flexibility index (Phi) is 5.87. The van der Waals surface area contributed by atoms with Gasteiger partial charge in [-0.05, 0) is 36.4 Å². The van der Waals surface area contributed by atoms with Gasteiger partial charge in [0.1, 0.15) is 23.2 Å². The lowest BCUT2D eigenvalue weighted by Crippen LogP contribution is -2.43. The molecule has 0 saturated carbocycles. The lowest BCUT2D eigenvalue weighted by molar-refractivity contribution is -0.131. The van der Waals surface area contributed by atoms with Crippen LogP contribution in [-0.4, -0.2) is 46.8 Å². The minimum Gasteiger partial charge on any atom is -0.457 e. The highest BCUT2D eigenvalue weighted by Crippen LogP contribution is 2.31. The zero-order chi connectivity index (χ0) is 23.6. The molecule has 2 aromatic heterocycles. The number of nitrogens with zero attached hydrogens (tertiary/aromatic N) is 3. The van der Waals surface area contributed by atoms with Gasteiger partial charge in [-0.15, -0.1) is 0 Å². The molecule has 1 aliphatic heterocycles. The molecule has 0 spiro atoms. The lowest BCUT2D eigenvalue weighted by atomic mass is 10.1. The van der Waals surface area contributed by atoms with E-state index in [-0.39, 0.29) is 5.56 Å². The minimum absolute atomic E-state index is 0.194. The van der Waals surface area contributed by atoms with Crippen LogP contribution in [0, 0.1) is 17.1 Å². The van der Waals surface area contributed by atoms with Crippen LogP contribution in [0.1, 0.15) is 28.1 Å². The zero-order valence-corrected chi connectivity index (χ0v) is 17.1. The molecule has 2 amide bonds. The number of amides is 2. The predicted molar refractivity (Wildman–Crippen MR) is 112 cm³/mol. The number of hydrogen-bond donors (Lipinski definition) is 1. The van der Waals surface area contributed by atoms with Crippen molar-refractivity contribution in [3.63, 3.8) is 0 Å². The molecular formula is C23H17F3N4O3. The number of carbonyl (C=O) groups is 2. The van der Waals surface area contributed by atoms with Gasteiger partial charge in [0.25, 0.3) is 11.8 Å². The standard InChI is InChI=1S/C23H17F3N4O3/c24-16-3-1-14-7-18(33-20(14)8-16)4-2-15-11-28-6-5-19(15)22(32)29-12-21(31)30-13-23(25,26)9-17(30)10-27/h1-8,11,17H,9,12-13H2,(H,29,32)/b4-2+/t17-/m0/s1. The molecule has 1 aliphatic rings. The van der Waals surface area contributed by atoms with E-state index in [9.17, 15) is 22.8 Å². The highest BCUT2D eigenvalue weighted by Gasteiger charge is 2.47. The van der Waals surface area contributed by atoms with E-state index >= 15 is 0 Å². The topological polar surface area (TPSA) is 99.2 Å². The molecule has 0 bridgehead atoms. The summed E-state index contributed by atoms with van der Waals surface area (Å²) in [6.45, 7) is -1.39. The number of carbonyl (C=O) groups excluding carboxylic acids is 2. The van der Waals surface area contributed by atoms with Crippen molar-refractivity contribution in [1.82, 2.24) is 15.2 Å². The van der Waals surface area contributed by atoms with Crippen LogP contribution in [0.2, 0.25) is 0 Å². The second-order valence-electron chi connectivity index (χ2n) is 7.54. The molecule has 0 radical (unpaired) electrons. The van der Waals surface area contributed by atoms with Gasteiger partial charge in [0.15, 0.2) is 0 Å². The lowest BCUT2D eigenvalue weighted by Gasteiger charge is -2.19. The first-order valence-corrected chi connectivity index (χ1v) is 9.92. The highest BCUT2D eigenvalue weighted by molar-refractivity contribution is 6.00. The maximum absolute atomic E-state index is 13.5. The molecule has 1 saturated heterocycles. The van der Waals surface area contributed by atoms with Crippen molar-refractivity contribution in [3.8, 4) is 6.07 Å². The van der Waals surface area contributed by atoms with Gasteiger partial charge >= 0.3 is 0 Å². The Morgan fingerprint density at radius 3 is 2.91 bits per heavy atom. The predicted octanol–water partition coefficient (Wildman–Crippen LogP) is 3.63. The van der Waals surface area contributed by atoms with E-state index in [1.807, 2.05) is 0 Å². The number of nitrogens with one attached hydrogen (secondary N) is 1. The average Bonchev–Trinajstić information content (AvgIpc) is 3.34. The summed E-state index contributed by atoms with van der Waals surface area (Å²) in [5.41, 5.74) is 0.983. The number of benzene rings is 1. The molecule has 1 atom stereocenters. The Morgan fingerprint density at radius 1 is 1.30 bits per heavy atom. The van der Waals surface area contributed by atoms with Crippen molar-refractivity contribution >= 4 is 34.9 Å². The average molecular weight is 454 g/mol. The van der Waals surface area contributed by atoms with Crippen LogP contribution in [0.5, 0.6) is 0 Å². The zero-order valence-electron chi connectivity index (χ0n) is 17.1. The van der Waals surface area contributed by atoms with E-state index in [0.717, 1.165) is 4.90 Å². The monoisotopic (exact) mass is 454 g/mol. The van der Waals surface area contributed by atoms with Crippen LogP contribution in [0.3, 0.4) is 0 Å². The van der Waals surface area contributed by atoms with Crippen molar-refractivity contribution < 1.29 is 27.2 Å². The third-order valence-corrected chi connectivity index (χ3v) is 5.16. The summed E-state index contributed by atoms with van der Waals surface area (Å²) in [7, 11) is 0. The second kappa shape index (κ2) is 8.78. The van der Waals surface area contributed by atoms with Crippen LogP contribution < -0.4 is 5.32 Å². The SMILES string of the molecule is N#C[C@@H]1CC(F)(F)CN1C(=O)CNC(=O)c1ccncc1/C=C/c1cc2ccc(F)cc2o1. The molecule has 1 aromatic carbocycles. The fourth-order valence-corrected chi connectivity index (χ4v) is 3.57. The molecule has 1 fully saturated rings. The van der Waals surface area contributed by atoms with E-state index in [1.165, 1.54) is 30.6 Å². The van der Waals surface area contributed by atoms with Crippen LogP contribution in [-0.2, 0) is 4.79 Å². The van der Waals surface area contributed by atoms with E-state index < -0.39 is 49.1 Å². The number of pyridine rings is 1. The van der Waals surface area contributed by atoms with Crippen molar-refractivity contribution in [2.45, 2.75) is 18.4 Å². The van der Waals surface area contributed by atoms with Crippen LogP contribution >= 0.6 is 0 Å². The summed E-state index contributed by atoms with van der Waals surface area (Å²) in [4.78, 5) is 29.7. The summed E-state index contributed by atoms with van der Waals surface area (Å²) in [5, 5.41) is 12.1. The number of nitriles is 1. The van der Waals surface area contributed by atoms with Crippen LogP contribution in [0.15, 0.2) is 47.1 Å². The van der Waals surface area contributed by atoms with Gasteiger partial charge < -0.3 is 14.6 Å². The maximum Gasteiger partial charge on any atom is 0.268 e. The summed E-state index contributed by atoms with van der Waals surface area (Å²) in [5.74, 6) is -4.51. The van der Waals surface area contributed by atoms with Gasteiger partial charge in [0.05, 0.1) is 19.2 Å². The van der Waals surface area contributed by atoms with E-state index in [0.29, 0.717) is 22.3 Å². The fraction of sp³-hybridized carbons (Fsp3) is 0.217. The van der Waals surface area contributed by atoms with E-state index in [4.69, 9.17) is 9.68 Å². The van der Waals surface area contributed by atoms with E-state index in [2.05, 4.69) is 10.3 Å². The van der Waals surface area contributed by atoms with Crippen molar-refractivity contribution in [2.75, 3.05) is 13.1 Å². The fourth-order valence-electron chi connectivity index (χ4n) is 3.57. The molecule has 7 nitrogen and oxygen atoms in total. The van der Waals surface area contributed by atoms with Crippen molar-refractivity contribution in [2.24, 2.45) is 0 Å². The number of aromatic nitrogens is 1. The smallest absolute Gasteiger partial charge is 0.268 e. The van der Waals surface area contributed by atoms with Gasteiger partial charge in [0, 0.05) is 41.4 Å². The normalized spacial score (nSPS) is 17.4. The van der Waals surface area contributed by atoms with Gasteiger partial charge in [-0.25, -0.2) is 13.2 Å². The third-order valence-electron chi connectivity index (χ3n) is 5.16. The number of alkyl halides is 2. The quantitative estimate of drug-likeness (QED) is 0.635. The minimum atomic E-state index is -3.13. The first-order chi connectivity index (χ1) is 15.8. The second-order valence-corrected chi connectivity index (χ2v) is 7.54. The van der Waals surface area contributed by atoms with Crippen LogP contribution in [0.4, 0.5) is 13.2 Å². The molecule has 0 unspecified atom stereocenters. The van der Waals surface area contributed by atoms with E-state index in [1.54, 1.807) is 30.4 Å². The highest BCUT2D eigenvalue weighted by atomic mass is 19.3. The number of rotatable bonds is 5. The summed E-state index contributed by atoms with van der Waals surface area (Å²) in [6, 6.07) is 7.76. The van der Waals surface area contributed by atoms with Gasteiger partial charge in [-0.3, -0.25) is 14.6 Å². The summed E-state index contributed by atoms with van der Waals surface area (Å²) >= 11 is 0. The molecule has 3 heterocycles. The Balaban J connectivity index is 1.45. The van der Waals surface area contributed by atoms with Gasteiger partial charge in [0.2, 0.25) is 5.91 Å². The Morgan fingerprint density at radius 2 is 2.12 bits per heavy atom. The van der Waals surface area contributed by atoms with Crippen LogP contribution in [0.25, 0.3) is 23.1 Å². The molecule has 33 heavy (non-hydrogen) atoms. The Hall–Kier alpha value is -4.13. The summed E-state index contributed by atoms with van der Waals surface area (Å²) in [6.07, 6.45) is 5.26. The maximum atomic E-state index is 13.5. The van der Waals surface area contributed by atoms with Crippen molar-refractivity contribution in [3.05, 3.63) is 65.4 Å². The number of furan rings is 1.